The van der Waals surface area contributed by atoms with Gasteiger partial charge in [0.1, 0.15) is 5.76 Å². The molecule has 0 bridgehead atoms. The van der Waals surface area contributed by atoms with Crippen LogP contribution < -0.4 is 5.32 Å². The van der Waals surface area contributed by atoms with Crippen LogP contribution in [0.25, 0.3) is 0 Å². The van der Waals surface area contributed by atoms with E-state index in [0.717, 1.165) is 9.55 Å². The van der Waals surface area contributed by atoms with E-state index >= 15 is 0 Å². The van der Waals surface area contributed by atoms with Crippen LogP contribution in [-0.4, -0.2) is 16.0 Å². The molecule has 0 radical (unpaired) electrons. The van der Waals surface area contributed by atoms with E-state index in [2.05, 4.69) is 31.4 Å². The molecule has 0 aliphatic carbocycles. The maximum absolute atomic E-state index is 11.7. The van der Waals surface area contributed by atoms with Crippen LogP contribution in [0.3, 0.4) is 0 Å². The van der Waals surface area contributed by atoms with Crippen molar-refractivity contribution in [3.05, 3.63) is 26.8 Å². The zero-order chi connectivity index (χ0) is 12.4. The van der Waals surface area contributed by atoms with Crippen LogP contribution in [-0.2, 0) is 0 Å². The average Bonchev–Trinajstić information content (AvgIpc) is 2.86. The highest BCUT2D eigenvalue weighted by Gasteiger charge is 2.14. The van der Waals surface area contributed by atoms with Gasteiger partial charge in [0.15, 0.2) is 10.8 Å². The van der Waals surface area contributed by atoms with E-state index < -0.39 is 0 Å². The van der Waals surface area contributed by atoms with Gasteiger partial charge in [-0.1, -0.05) is 19.0 Å². The van der Waals surface area contributed by atoms with E-state index in [1.165, 1.54) is 11.3 Å². The molecule has 0 aliphatic heterocycles. The van der Waals surface area contributed by atoms with Crippen molar-refractivity contribution in [2.75, 3.05) is 5.32 Å². The molecule has 2 aromatic heterocycles. The third kappa shape index (κ3) is 2.92. The van der Waals surface area contributed by atoms with Crippen LogP contribution in [0.15, 0.2) is 20.6 Å². The van der Waals surface area contributed by atoms with Gasteiger partial charge in [-0.25, -0.2) is 4.98 Å². The summed E-state index contributed by atoms with van der Waals surface area (Å²) in [6, 6.07) is 1.71. The second kappa shape index (κ2) is 4.97. The van der Waals surface area contributed by atoms with E-state index in [4.69, 9.17) is 4.52 Å². The van der Waals surface area contributed by atoms with Gasteiger partial charge in [-0.2, -0.15) is 0 Å². The number of aromatic nitrogens is 2. The first-order valence-corrected chi connectivity index (χ1v) is 6.56. The molecule has 0 aromatic carbocycles. The van der Waals surface area contributed by atoms with Crippen LogP contribution in [0.2, 0.25) is 0 Å². The highest BCUT2D eigenvalue weighted by molar-refractivity contribution is 9.11. The molecule has 0 unspecified atom stereocenters. The molecular weight excluding hydrogens is 306 g/mol. The highest BCUT2D eigenvalue weighted by Crippen LogP contribution is 2.21. The molecule has 0 saturated heterocycles. The summed E-state index contributed by atoms with van der Waals surface area (Å²) in [5, 5.41) is 6.78. The summed E-state index contributed by atoms with van der Waals surface area (Å²) >= 11 is 4.51. The van der Waals surface area contributed by atoms with Crippen molar-refractivity contribution in [3.8, 4) is 0 Å². The monoisotopic (exact) mass is 315 g/mol. The fourth-order valence-electron chi connectivity index (χ4n) is 1.15. The van der Waals surface area contributed by atoms with Crippen LogP contribution in [0, 0.1) is 0 Å². The molecule has 0 spiro atoms. The maximum atomic E-state index is 11.7. The third-order valence-corrected chi connectivity index (χ3v) is 3.49. The van der Waals surface area contributed by atoms with Gasteiger partial charge in [-0.05, 0) is 15.9 Å². The fraction of sp³-hybridized carbons (Fsp3) is 0.300. The van der Waals surface area contributed by atoms with E-state index in [0.29, 0.717) is 10.8 Å². The molecule has 0 aliphatic rings. The Kier molecular flexibility index (Phi) is 3.58. The quantitative estimate of drug-likeness (QED) is 0.943. The molecule has 90 valence electrons. The number of nitrogens with one attached hydrogen (secondary N) is 1. The average molecular weight is 316 g/mol. The topological polar surface area (TPSA) is 68.0 Å². The van der Waals surface area contributed by atoms with Gasteiger partial charge < -0.3 is 9.84 Å². The lowest BCUT2D eigenvalue weighted by atomic mass is 10.2. The molecule has 2 aromatic rings. The van der Waals surface area contributed by atoms with E-state index in [9.17, 15) is 4.79 Å². The highest BCUT2D eigenvalue weighted by atomic mass is 79.9. The number of halogens is 1. The van der Waals surface area contributed by atoms with Crippen molar-refractivity contribution in [1.29, 1.82) is 0 Å². The molecule has 7 heteroatoms. The summed E-state index contributed by atoms with van der Waals surface area (Å²) in [5.41, 5.74) is 0. The number of carbonyl (C=O) groups is 1. The van der Waals surface area contributed by atoms with Crippen LogP contribution in [0.4, 0.5) is 5.82 Å². The molecule has 17 heavy (non-hydrogen) atoms. The zero-order valence-corrected chi connectivity index (χ0v) is 11.6. The molecule has 0 fully saturated rings. The SMILES string of the molecule is CC(C)c1cc(NC(=O)c2ncc(Br)s2)no1. The number of thiazole rings is 1. The summed E-state index contributed by atoms with van der Waals surface area (Å²) < 4.78 is 5.89. The number of hydrogen-bond acceptors (Lipinski definition) is 5. The normalized spacial score (nSPS) is 10.8. The Labute approximate surface area is 110 Å². The first kappa shape index (κ1) is 12.3. The lowest BCUT2D eigenvalue weighted by Gasteiger charge is -1.96. The van der Waals surface area contributed by atoms with E-state index in [1.807, 2.05) is 13.8 Å². The molecule has 0 saturated carbocycles. The molecule has 1 amide bonds. The minimum atomic E-state index is -0.288. The third-order valence-electron chi connectivity index (χ3n) is 2.01. The standard InChI is InChI=1S/C10H10BrN3O2S/c1-5(2)6-3-8(14-16-6)13-9(15)10-12-4-7(11)17-10/h3-5H,1-2H3,(H,13,14,15). The summed E-state index contributed by atoms with van der Waals surface area (Å²) in [6.07, 6.45) is 1.59. The number of carbonyl (C=O) groups excluding carboxylic acids is 1. The smallest absolute Gasteiger partial charge is 0.285 e. The largest absolute Gasteiger partial charge is 0.359 e. The Morgan fingerprint density at radius 1 is 1.59 bits per heavy atom. The van der Waals surface area contributed by atoms with Crippen molar-refractivity contribution in [3.63, 3.8) is 0 Å². The van der Waals surface area contributed by atoms with Gasteiger partial charge in [0.2, 0.25) is 0 Å². The summed E-state index contributed by atoms with van der Waals surface area (Å²) in [4.78, 5) is 15.7. The molecule has 1 N–H and O–H groups in total. The Morgan fingerprint density at radius 3 is 2.88 bits per heavy atom. The maximum Gasteiger partial charge on any atom is 0.285 e. The minimum absolute atomic E-state index is 0.238. The number of hydrogen-bond donors (Lipinski definition) is 1. The van der Waals surface area contributed by atoms with E-state index in [1.54, 1.807) is 12.3 Å². The number of nitrogens with zero attached hydrogens (tertiary/aromatic N) is 2. The molecule has 2 heterocycles. The summed E-state index contributed by atoms with van der Waals surface area (Å²) in [6.45, 7) is 3.98. The second-order valence-electron chi connectivity index (χ2n) is 3.69. The van der Waals surface area contributed by atoms with Crippen LogP contribution in [0.1, 0.15) is 35.3 Å². The first-order valence-electron chi connectivity index (χ1n) is 4.95. The Morgan fingerprint density at radius 2 is 2.35 bits per heavy atom. The van der Waals surface area contributed by atoms with Gasteiger partial charge in [0.25, 0.3) is 5.91 Å². The molecule has 5 nitrogen and oxygen atoms in total. The van der Waals surface area contributed by atoms with Crippen molar-refractivity contribution >= 4 is 39.0 Å². The van der Waals surface area contributed by atoms with Crippen molar-refractivity contribution in [2.45, 2.75) is 19.8 Å². The van der Waals surface area contributed by atoms with Crippen LogP contribution >= 0.6 is 27.3 Å². The Bertz CT molecular complexity index is 535. The number of anilines is 1. The Hall–Kier alpha value is -1.21. The predicted molar refractivity (Wildman–Crippen MR) is 68.4 cm³/mol. The lowest BCUT2D eigenvalue weighted by Crippen LogP contribution is -2.11. The minimum Gasteiger partial charge on any atom is -0.359 e. The fourth-order valence-corrected chi connectivity index (χ4v) is 2.25. The predicted octanol–water partition coefficient (Wildman–Crippen LogP) is 3.27. The van der Waals surface area contributed by atoms with Crippen molar-refractivity contribution in [2.24, 2.45) is 0 Å². The molecule has 2 rings (SSSR count). The Balaban J connectivity index is 2.07. The van der Waals surface area contributed by atoms with Gasteiger partial charge in [0.05, 0.1) is 9.98 Å². The van der Waals surface area contributed by atoms with Crippen molar-refractivity contribution < 1.29 is 9.32 Å². The zero-order valence-electron chi connectivity index (χ0n) is 9.23. The lowest BCUT2D eigenvalue weighted by molar-refractivity contribution is 0.102. The van der Waals surface area contributed by atoms with Gasteiger partial charge >= 0.3 is 0 Å². The first-order chi connectivity index (χ1) is 8.06. The van der Waals surface area contributed by atoms with Gasteiger partial charge in [-0.15, -0.1) is 11.3 Å². The number of amides is 1. The van der Waals surface area contributed by atoms with Crippen LogP contribution in [0.5, 0.6) is 0 Å². The number of rotatable bonds is 3. The molecular formula is C10H10BrN3O2S. The van der Waals surface area contributed by atoms with Gasteiger partial charge in [0, 0.05) is 12.0 Å². The van der Waals surface area contributed by atoms with E-state index in [-0.39, 0.29) is 11.8 Å². The van der Waals surface area contributed by atoms with Gasteiger partial charge in [-0.3, -0.25) is 4.79 Å². The van der Waals surface area contributed by atoms with Crippen molar-refractivity contribution in [1.82, 2.24) is 10.1 Å². The summed E-state index contributed by atoms with van der Waals surface area (Å²) in [5.74, 6) is 1.09. The second-order valence-corrected chi connectivity index (χ2v) is 6.10. The molecule has 0 atom stereocenters. The summed E-state index contributed by atoms with van der Waals surface area (Å²) in [7, 11) is 0.